The smallest absolute Gasteiger partial charge is 0.241 e. The highest BCUT2D eigenvalue weighted by Crippen LogP contribution is 2.13. The summed E-state index contributed by atoms with van der Waals surface area (Å²) in [6, 6.07) is 9.27. The van der Waals surface area contributed by atoms with Crippen LogP contribution < -0.4 is 16.0 Å². The number of aryl methyl sites for hydroxylation is 1. The molecular weight excluding hydrogens is 332 g/mol. The predicted molar refractivity (Wildman–Crippen MR) is 98.0 cm³/mol. The maximum absolute atomic E-state index is 11.7. The molecule has 0 aliphatic heterocycles. The molecule has 9 heteroatoms. The number of aromatic nitrogens is 5. The molecule has 0 spiro atoms. The third kappa shape index (κ3) is 5.26. The van der Waals surface area contributed by atoms with Crippen molar-refractivity contribution in [2.75, 3.05) is 23.7 Å². The number of hydrogen-bond acceptors (Lipinski definition) is 7. The zero-order valence-electron chi connectivity index (χ0n) is 14.4. The molecule has 0 aliphatic rings. The highest BCUT2D eigenvalue weighted by Gasteiger charge is 2.03. The number of carbonyl (C=O) groups excluding carboxylic acids is 1. The van der Waals surface area contributed by atoms with Gasteiger partial charge in [0.25, 0.3) is 0 Å². The average molecular weight is 352 g/mol. The number of hydrogen-bond donors (Lipinski definition) is 3. The molecule has 1 amide bonds. The van der Waals surface area contributed by atoms with Gasteiger partial charge < -0.3 is 16.0 Å². The Balaban J connectivity index is 1.39. The fourth-order valence-corrected chi connectivity index (χ4v) is 2.22. The summed E-state index contributed by atoms with van der Waals surface area (Å²) in [6.45, 7) is 3.24. The van der Waals surface area contributed by atoms with E-state index in [1.54, 1.807) is 29.3 Å². The quantitative estimate of drug-likeness (QED) is 0.525. The van der Waals surface area contributed by atoms with Gasteiger partial charge in [0.15, 0.2) is 5.82 Å². The van der Waals surface area contributed by atoms with E-state index >= 15 is 0 Å². The first-order valence-corrected chi connectivity index (χ1v) is 8.20. The summed E-state index contributed by atoms with van der Waals surface area (Å²) in [5.41, 5.74) is 1.11. The molecule has 3 N–H and O–H groups in total. The van der Waals surface area contributed by atoms with Crippen LogP contribution in [0.1, 0.15) is 5.56 Å². The Labute approximate surface area is 150 Å². The van der Waals surface area contributed by atoms with E-state index in [9.17, 15) is 4.79 Å². The highest BCUT2D eigenvalue weighted by atomic mass is 16.2. The fourth-order valence-electron chi connectivity index (χ4n) is 2.22. The lowest BCUT2D eigenvalue weighted by atomic mass is 10.3. The van der Waals surface area contributed by atoms with Gasteiger partial charge in [0, 0.05) is 31.7 Å². The molecule has 3 rings (SSSR count). The molecule has 3 aromatic rings. The first-order chi connectivity index (χ1) is 12.7. The summed E-state index contributed by atoms with van der Waals surface area (Å²) in [6.07, 6.45) is 5.12. The number of rotatable bonds is 8. The Hall–Kier alpha value is -3.49. The van der Waals surface area contributed by atoms with Gasteiger partial charge in [-0.05, 0) is 42.8 Å². The Kier molecular flexibility index (Phi) is 5.71. The van der Waals surface area contributed by atoms with E-state index in [-0.39, 0.29) is 12.5 Å². The van der Waals surface area contributed by atoms with E-state index in [0.717, 1.165) is 11.4 Å². The van der Waals surface area contributed by atoms with Gasteiger partial charge in [-0.1, -0.05) is 0 Å². The number of nitrogens with zero attached hydrogens (tertiary/aromatic N) is 5. The van der Waals surface area contributed by atoms with Gasteiger partial charge in [-0.3, -0.25) is 9.48 Å². The van der Waals surface area contributed by atoms with Crippen LogP contribution in [-0.4, -0.2) is 44.0 Å². The molecule has 0 saturated heterocycles. The summed E-state index contributed by atoms with van der Waals surface area (Å²) < 4.78 is 1.57. The molecular formula is C17H20N8O. The van der Waals surface area contributed by atoms with E-state index in [0.29, 0.717) is 24.7 Å². The average Bonchev–Trinajstić information content (AvgIpc) is 3.13. The predicted octanol–water partition coefficient (Wildman–Crippen LogP) is 1.35. The van der Waals surface area contributed by atoms with Gasteiger partial charge in [0.05, 0.1) is 0 Å². The number of anilines is 3. The molecule has 0 fully saturated rings. The molecule has 0 aliphatic carbocycles. The second-order valence-electron chi connectivity index (χ2n) is 5.63. The minimum Gasteiger partial charge on any atom is -0.367 e. The zero-order chi connectivity index (χ0) is 18.2. The fraction of sp³-hybridized carbons (Fsp3) is 0.235. The van der Waals surface area contributed by atoms with Crippen molar-refractivity contribution < 1.29 is 4.79 Å². The first kappa shape index (κ1) is 17.3. The standard InChI is InChI=1S/C17H20N8O/c1-13-5-7-18-16(11-13)22-15-4-3-14(23-24-15)19-8-9-20-17(26)12-25-10-2-6-21-25/h2-7,10-11H,8-9,12H2,1H3,(H,19,23)(H,20,26)(H,18,22,24). The summed E-state index contributed by atoms with van der Waals surface area (Å²) in [5.74, 6) is 1.88. The largest absolute Gasteiger partial charge is 0.367 e. The second kappa shape index (κ2) is 8.56. The topological polar surface area (TPSA) is 110 Å². The van der Waals surface area contributed by atoms with E-state index in [4.69, 9.17) is 0 Å². The van der Waals surface area contributed by atoms with Crippen molar-refractivity contribution in [2.24, 2.45) is 0 Å². The van der Waals surface area contributed by atoms with Gasteiger partial charge in [0.2, 0.25) is 5.91 Å². The van der Waals surface area contributed by atoms with Crippen LogP contribution in [0.4, 0.5) is 17.5 Å². The lowest BCUT2D eigenvalue weighted by Crippen LogP contribution is -2.31. The number of amides is 1. The van der Waals surface area contributed by atoms with E-state index in [2.05, 4.69) is 36.2 Å². The van der Waals surface area contributed by atoms with Crippen molar-refractivity contribution in [1.82, 2.24) is 30.3 Å². The Morgan fingerprint density at radius 1 is 1.08 bits per heavy atom. The highest BCUT2D eigenvalue weighted by molar-refractivity contribution is 5.75. The van der Waals surface area contributed by atoms with Crippen LogP contribution in [0.2, 0.25) is 0 Å². The van der Waals surface area contributed by atoms with Crippen LogP contribution in [0.3, 0.4) is 0 Å². The molecule has 0 atom stereocenters. The summed E-state index contributed by atoms with van der Waals surface area (Å²) in [7, 11) is 0. The van der Waals surface area contributed by atoms with Crippen LogP contribution in [0.15, 0.2) is 48.9 Å². The van der Waals surface area contributed by atoms with Crippen molar-refractivity contribution in [3.05, 3.63) is 54.5 Å². The van der Waals surface area contributed by atoms with Crippen LogP contribution in [0.5, 0.6) is 0 Å². The van der Waals surface area contributed by atoms with Crippen molar-refractivity contribution in [1.29, 1.82) is 0 Å². The number of nitrogens with one attached hydrogen (secondary N) is 3. The Morgan fingerprint density at radius 2 is 1.92 bits per heavy atom. The molecule has 0 bridgehead atoms. The van der Waals surface area contributed by atoms with Crippen molar-refractivity contribution in [3.63, 3.8) is 0 Å². The van der Waals surface area contributed by atoms with Crippen molar-refractivity contribution in [2.45, 2.75) is 13.5 Å². The van der Waals surface area contributed by atoms with Crippen LogP contribution in [0, 0.1) is 6.92 Å². The molecule has 0 aromatic carbocycles. The Morgan fingerprint density at radius 3 is 2.65 bits per heavy atom. The zero-order valence-corrected chi connectivity index (χ0v) is 14.4. The summed E-state index contributed by atoms with van der Waals surface area (Å²) in [5, 5.41) is 21.2. The minimum atomic E-state index is -0.0909. The first-order valence-electron chi connectivity index (χ1n) is 8.20. The molecule has 0 saturated carbocycles. The third-order valence-electron chi connectivity index (χ3n) is 3.45. The second-order valence-corrected chi connectivity index (χ2v) is 5.63. The van der Waals surface area contributed by atoms with Crippen LogP contribution in [-0.2, 0) is 11.3 Å². The van der Waals surface area contributed by atoms with Crippen molar-refractivity contribution >= 4 is 23.4 Å². The molecule has 9 nitrogen and oxygen atoms in total. The number of pyridine rings is 1. The third-order valence-corrected chi connectivity index (χ3v) is 3.45. The molecule has 3 heterocycles. The van der Waals surface area contributed by atoms with E-state index in [1.807, 2.05) is 31.2 Å². The van der Waals surface area contributed by atoms with Gasteiger partial charge in [-0.15, -0.1) is 10.2 Å². The molecule has 134 valence electrons. The molecule has 0 unspecified atom stereocenters. The molecule has 3 aromatic heterocycles. The van der Waals surface area contributed by atoms with Gasteiger partial charge in [0.1, 0.15) is 18.2 Å². The van der Waals surface area contributed by atoms with E-state index < -0.39 is 0 Å². The summed E-state index contributed by atoms with van der Waals surface area (Å²) in [4.78, 5) is 15.9. The SMILES string of the molecule is Cc1ccnc(Nc2ccc(NCCNC(=O)Cn3cccn3)nn2)c1. The van der Waals surface area contributed by atoms with Gasteiger partial charge in [-0.2, -0.15) is 5.10 Å². The Bertz CT molecular complexity index is 832. The van der Waals surface area contributed by atoms with Crippen LogP contribution in [0.25, 0.3) is 0 Å². The van der Waals surface area contributed by atoms with Gasteiger partial charge in [-0.25, -0.2) is 4.98 Å². The molecule has 0 radical (unpaired) electrons. The van der Waals surface area contributed by atoms with Crippen LogP contribution >= 0.6 is 0 Å². The normalized spacial score (nSPS) is 10.3. The van der Waals surface area contributed by atoms with Gasteiger partial charge >= 0.3 is 0 Å². The molecule has 26 heavy (non-hydrogen) atoms. The van der Waals surface area contributed by atoms with Crippen molar-refractivity contribution in [3.8, 4) is 0 Å². The number of carbonyl (C=O) groups is 1. The minimum absolute atomic E-state index is 0.0909. The maximum atomic E-state index is 11.7. The monoisotopic (exact) mass is 352 g/mol. The summed E-state index contributed by atoms with van der Waals surface area (Å²) >= 11 is 0. The lowest BCUT2D eigenvalue weighted by molar-refractivity contribution is -0.121. The lowest BCUT2D eigenvalue weighted by Gasteiger charge is -2.08. The van der Waals surface area contributed by atoms with E-state index in [1.165, 1.54) is 0 Å². The maximum Gasteiger partial charge on any atom is 0.241 e.